The van der Waals surface area contributed by atoms with E-state index in [4.69, 9.17) is 24.5 Å². The number of carbonyl (C=O) groups excluding carboxylic acids is 1. The summed E-state index contributed by atoms with van der Waals surface area (Å²) in [5.74, 6) is 0. The first kappa shape index (κ1) is 23.7. The molecule has 6 N–H and O–H groups in total. The Bertz CT molecular complexity index is 246. The number of nitrogens with two attached hydrogens (primary N) is 1. The van der Waals surface area contributed by atoms with Crippen LogP contribution < -0.4 is 10.8 Å². The fourth-order valence-corrected chi connectivity index (χ4v) is 1.38. The van der Waals surface area contributed by atoms with Crippen molar-refractivity contribution in [1.82, 2.24) is 10.4 Å². The predicted molar refractivity (Wildman–Crippen MR) is 84.7 cm³/mol. The minimum Gasteiger partial charge on any atom is -0.448 e. The minimum atomic E-state index is -2.12. The maximum absolute atomic E-state index is 11.6. The molecule has 0 aromatic rings. The van der Waals surface area contributed by atoms with Gasteiger partial charge in [-0.2, -0.15) is 5.06 Å². The standard InChI is InChI=1S/C12H26N2O4.H4NO2P/c1-3-17-12(16)14(18-11-8-13-2)9-6-4-5-7-10-15;1-4(2)3/h13,15H,3-11H2,1-2H3;2-3H,1H2. The zero-order chi connectivity index (χ0) is 17.2. The number of nitrogens with one attached hydrogen (secondary N) is 1. The molecule has 0 aliphatic rings. The third kappa shape index (κ3) is 19.5. The molecule has 1 amide bonds. The highest BCUT2D eigenvalue weighted by Gasteiger charge is 2.14. The molecule has 0 aromatic heterocycles. The Balaban J connectivity index is 0. The molecular weight excluding hydrogens is 313 g/mol. The van der Waals surface area contributed by atoms with Crippen LogP contribution in [0.4, 0.5) is 4.79 Å². The molecule has 0 unspecified atom stereocenters. The summed E-state index contributed by atoms with van der Waals surface area (Å²) in [6, 6.07) is 0. The quantitative estimate of drug-likeness (QED) is 0.205. The van der Waals surface area contributed by atoms with Gasteiger partial charge in [0.1, 0.15) is 0 Å². The molecule has 0 bridgehead atoms. The van der Waals surface area contributed by atoms with Gasteiger partial charge in [-0.25, -0.2) is 4.79 Å². The van der Waals surface area contributed by atoms with Crippen LogP contribution in [0.5, 0.6) is 0 Å². The second-order valence-corrected chi connectivity index (χ2v) is 4.84. The number of aliphatic hydroxyl groups is 1. The van der Waals surface area contributed by atoms with E-state index >= 15 is 0 Å². The smallest absolute Gasteiger partial charge is 0.433 e. The Morgan fingerprint density at radius 1 is 1.27 bits per heavy atom. The van der Waals surface area contributed by atoms with E-state index in [9.17, 15) is 4.79 Å². The lowest BCUT2D eigenvalue weighted by atomic mass is 10.2. The lowest BCUT2D eigenvalue weighted by Gasteiger charge is -2.20. The van der Waals surface area contributed by atoms with Gasteiger partial charge in [0.25, 0.3) is 0 Å². The summed E-state index contributed by atoms with van der Waals surface area (Å²) in [5, 5.41) is 12.9. The molecule has 0 spiro atoms. The zero-order valence-corrected chi connectivity index (χ0v) is 14.3. The first-order valence-electron chi connectivity index (χ1n) is 7.24. The molecule has 0 heterocycles. The Hall–Kier alpha value is -0.540. The van der Waals surface area contributed by atoms with Crippen LogP contribution in [0.15, 0.2) is 0 Å². The lowest BCUT2D eigenvalue weighted by Crippen LogP contribution is -2.34. The molecule has 22 heavy (non-hydrogen) atoms. The fraction of sp³-hybridized carbons (Fsp3) is 0.917. The van der Waals surface area contributed by atoms with Gasteiger partial charge in [-0.3, -0.25) is 10.3 Å². The summed E-state index contributed by atoms with van der Waals surface area (Å²) < 4.78 is 4.91. The average molecular weight is 343 g/mol. The van der Waals surface area contributed by atoms with Crippen molar-refractivity contribution in [1.29, 1.82) is 0 Å². The van der Waals surface area contributed by atoms with E-state index in [1.807, 2.05) is 7.05 Å². The highest BCUT2D eigenvalue weighted by Crippen LogP contribution is 2.05. The molecule has 0 saturated heterocycles. The number of hydrogen-bond acceptors (Lipinski definition) is 8. The summed E-state index contributed by atoms with van der Waals surface area (Å²) in [7, 11) is -0.294. The number of carbonyl (C=O) groups is 1. The van der Waals surface area contributed by atoms with Gasteiger partial charge >= 0.3 is 6.09 Å². The van der Waals surface area contributed by atoms with Gasteiger partial charge in [0, 0.05) is 13.2 Å². The number of ether oxygens (including phenoxy) is 1. The summed E-state index contributed by atoms with van der Waals surface area (Å²) in [6.45, 7) is 3.97. The number of likely N-dealkylation sites (N-methyl/N-ethyl adjacent to an activating group) is 1. The van der Waals surface area contributed by atoms with Crippen LogP contribution in [0.1, 0.15) is 32.6 Å². The van der Waals surface area contributed by atoms with Crippen LogP contribution in [-0.4, -0.2) is 66.0 Å². The number of aliphatic hydroxyl groups excluding tert-OH is 1. The van der Waals surface area contributed by atoms with E-state index in [2.05, 4.69) is 10.8 Å². The number of amides is 1. The molecule has 0 aromatic carbocycles. The molecule has 0 aliphatic heterocycles. The SMILES string of the molecule is CCOC(=O)N(CCCCCCO)OCCNC.NP(O)O. The maximum Gasteiger partial charge on any atom is 0.433 e. The third-order valence-electron chi connectivity index (χ3n) is 2.34. The molecule has 0 radical (unpaired) electrons. The Morgan fingerprint density at radius 2 is 1.86 bits per heavy atom. The Labute approximate surface area is 133 Å². The van der Waals surface area contributed by atoms with Gasteiger partial charge < -0.3 is 24.9 Å². The number of unbranched alkanes of at least 4 members (excludes halogenated alkanes) is 3. The fourth-order valence-electron chi connectivity index (χ4n) is 1.38. The monoisotopic (exact) mass is 343 g/mol. The molecule has 0 saturated carbocycles. The van der Waals surface area contributed by atoms with Crippen molar-refractivity contribution in [2.75, 3.05) is 40.0 Å². The number of nitrogens with zero attached hydrogens (tertiary/aromatic N) is 1. The van der Waals surface area contributed by atoms with E-state index in [1.165, 1.54) is 5.06 Å². The van der Waals surface area contributed by atoms with E-state index in [0.717, 1.165) is 25.7 Å². The summed E-state index contributed by atoms with van der Waals surface area (Å²) in [4.78, 5) is 31.8. The highest BCUT2D eigenvalue weighted by atomic mass is 31.2. The summed E-state index contributed by atoms with van der Waals surface area (Å²) >= 11 is 0. The van der Waals surface area contributed by atoms with Crippen molar-refractivity contribution < 1.29 is 29.3 Å². The molecule has 0 aliphatic carbocycles. The van der Waals surface area contributed by atoms with E-state index in [0.29, 0.717) is 26.3 Å². The first-order valence-corrected chi connectivity index (χ1v) is 8.56. The predicted octanol–water partition coefficient (Wildman–Crippen LogP) is 0.305. The molecule has 134 valence electrons. The molecule has 0 rings (SSSR count). The molecule has 0 atom stereocenters. The Kier molecular flexibility index (Phi) is 20.0. The number of hydroxylamine groups is 2. The largest absolute Gasteiger partial charge is 0.448 e. The van der Waals surface area contributed by atoms with Crippen molar-refractivity contribution in [2.45, 2.75) is 32.6 Å². The summed E-state index contributed by atoms with van der Waals surface area (Å²) in [5.41, 5.74) is 4.29. The van der Waals surface area contributed by atoms with Crippen molar-refractivity contribution >= 4 is 14.6 Å². The van der Waals surface area contributed by atoms with E-state index in [-0.39, 0.29) is 6.61 Å². The van der Waals surface area contributed by atoms with E-state index < -0.39 is 14.6 Å². The topological polar surface area (TPSA) is 138 Å². The van der Waals surface area contributed by atoms with Gasteiger partial charge in [0.05, 0.1) is 19.8 Å². The minimum absolute atomic E-state index is 0.222. The van der Waals surface area contributed by atoms with Crippen LogP contribution in [-0.2, 0) is 9.57 Å². The van der Waals surface area contributed by atoms with Crippen LogP contribution in [0, 0.1) is 0 Å². The lowest BCUT2D eigenvalue weighted by molar-refractivity contribution is -0.135. The van der Waals surface area contributed by atoms with Crippen LogP contribution in [0.3, 0.4) is 0 Å². The molecule has 0 fully saturated rings. The highest BCUT2D eigenvalue weighted by molar-refractivity contribution is 7.42. The van der Waals surface area contributed by atoms with Gasteiger partial charge in [-0.15, -0.1) is 0 Å². The second-order valence-electron chi connectivity index (χ2n) is 4.20. The summed E-state index contributed by atoms with van der Waals surface area (Å²) in [6.07, 6.45) is 3.14. The van der Waals surface area contributed by atoms with Gasteiger partial charge in [-0.05, 0) is 26.8 Å². The maximum atomic E-state index is 11.6. The zero-order valence-electron chi connectivity index (χ0n) is 13.4. The Morgan fingerprint density at radius 3 is 2.36 bits per heavy atom. The van der Waals surface area contributed by atoms with Gasteiger partial charge in [0.2, 0.25) is 8.53 Å². The van der Waals surface area contributed by atoms with Gasteiger partial charge in [0.15, 0.2) is 0 Å². The van der Waals surface area contributed by atoms with Crippen molar-refractivity contribution in [3.05, 3.63) is 0 Å². The van der Waals surface area contributed by atoms with Crippen LogP contribution in [0.2, 0.25) is 0 Å². The average Bonchev–Trinajstić information content (AvgIpc) is 2.45. The van der Waals surface area contributed by atoms with Crippen molar-refractivity contribution in [2.24, 2.45) is 5.50 Å². The molecule has 9 nitrogen and oxygen atoms in total. The number of hydrogen-bond donors (Lipinski definition) is 5. The molecular formula is C12H30N3O6P. The van der Waals surface area contributed by atoms with Gasteiger partial charge in [-0.1, -0.05) is 12.8 Å². The normalized spacial score (nSPS) is 10.1. The van der Waals surface area contributed by atoms with Crippen molar-refractivity contribution in [3.8, 4) is 0 Å². The van der Waals surface area contributed by atoms with Crippen LogP contribution >= 0.6 is 8.53 Å². The first-order chi connectivity index (χ1) is 10.5. The third-order valence-corrected chi connectivity index (χ3v) is 2.34. The van der Waals surface area contributed by atoms with Crippen molar-refractivity contribution in [3.63, 3.8) is 0 Å². The van der Waals surface area contributed by atoms with E-state index in [1.54, 1.807) is 6.92 Å². The number of rotatable bonds is 11. The second kappa shape index (κ2) is 18.5. The van der Waals surface area contributed by atoms with Crippen LogP contribution in [0.25, 0.3) is 0 Å². The molecule has 10 heteroatoms.